The van der Waals surface area contributed by atoms with Gasteiger partial charge in [-0.15, -0.1) is 0 Å². The summed E-state index contributed by atoms with van der Waals surface area (Å²) in [6.07, 6.45) is 3.77. The maximum atomic E-state index is 5.88. The van der Waals surface area contributed by atoms with Crippen LogP contribution in [0.5, 0.6) is 5.75 Å². The normalized spacial score (nSPS) is 10.2. The van der Waals surface area contributed by atoms with Crippen molar-refractivity contribution in [3.05, 3.63) is 71.0 Å². The van der Waals surface area contributed by atoms with E-state index in [2.05, 4.69) is 28.3 Å². The molecule has 0 spiro atoms. The lowest BCUT2D eigenvalue weighted by molar-refractivity contribution is 0.414. The van der Waals surface area contributed by atoms with Gasteiger partial charge < -0.3 is 4.74 Å². The summed E-state index contributed by atoms with van der Waals surface area (Å²) in [5, 5.41) is 1.63. The zero-order valence-electron chi connectivity index (χ0n) is 14.0. The Labute approximate surface area is 157 Å². The van der Waals surface area contributed by atoms with E-state index in [0.717, 1.165) is 32.7 Å². The first kappa shape index (κ1) is 17.5. The van der Waals surface area contributed by atoms with Gasteiger partial charge in [-0.25, -0.2) is 4.98 Å². The highest BCUT2D eigenvalue weighted by atomic mass is 35.5. The summed E-state index contributed by atoms with van der Waals surface area (Å²) in [5.74, 6) is 7.82. The molecule has 0 saturated heterocycles. The number of benzene rings is 2. The lowest BCUT2D eigenvalue weighted by atomic mass is 10.2. The molecule has 1 heterocycles. The molecular weight excluding hydrogens is 352 g/mol. The molecule has 0 atom stereocenters. The van der Waals surface area contributed by atoms with E-state index in [1.807, 2.05) is 48.7 Å². The second kappa shape index (κ2) is 8.15. The van der Waals surface area contributed by atoms with E-state index in [9.17, 15) is 0 Å². The molecular formula is C20H17ClN2OS. The Morgan fingerprint density at radius 2 is 2.00 bits per heavy atom. The minimum Gasteiger partial charge on any atom is -0.497 e. The van der Waals surface area contributed by atoms with Crippen molar-refractivity contribution in [1.29, 1.82) is 0 Å². The molecule has 3 rings (SSSR count). The highest BCUT2D eigenvalue weighted by Gasteiger charge is 2.08. The van der Waals surface area contributed by atoms with Gasteiger partial charge in [-0.2, -0.15) is 0 Å². The van der Waals surface area contributed by atoms with Crippen LogP contribution in [0.1, 0.15) is 11.1 Å². The monoisotopic (exact) mass is 368 g/mol. The van der Waals surface area contributed by atoms with E-state index in [4.69, 9.17) is 16.3 Å². The van der Waals surface area contributed by atoms with E-state index in [-0.39, 0.29) is 0 Å². The lowest BCUT2D eigenvalue weighted by Crippen LogP contribution is -1.98. The molecule has 3 aromatic rings. The summed E-state index contributed by atoms with van der Waals surface area (Å²) in [5.41, 5.74) is 3.18. The van der Waals surface area contributed by atoms with Crippen LogP contribution >= 0.6 is 23.4 Å². The van der Waals surface area contributed by atoms with Crippen molar-refractivity contribution in [3.8, 4) is 23.3 Å². The second-order valence-corrected chi connectivity index (χ2v) is 6.71. The molecule has 5 heteroatoms. The Hall–Kier alpha value is -2.35. The Morgan fingerprint density at radius 3 is 2.72 bits per heavy atom. The molecule has 0 N–H and O–H groups in total. The fourth-order valence-electron chi connectivity index (χ4n) is 2.38. The van der Waals surface area contributed by atoms with Crippen LogP contribution in [0.15, 0.2) is 60.0 Å². The molecule has 0 bridgehead atoms. The molecule has 0 saturated carbocycles. The molecule has 0 radical (unpaired) electrons. The Bertz CT molecular complexity index is 923. The fourth-order valence-corrected chi connectivity index (χ4v) is 3.21. The predicted octanol–water partition coefficient (Wildman–Crippen LogP) is 4.99. The standard InChI is InChI=1S/C20H17ClN2OS/c1-15-14-18(24-2)9-10-19(15)23-12-11-22-20(23)25-13-3-4-16-5-7-17(21)8-6-16/h5-12,14H,13H2,1-2H3. The summed E-state index contributed by atoms with van der Waals surface area (Å²) in [6, 6.07) is 13.5. The minimum atomic E-state index is 0.662. The summed E-state index contributed by atoms with van der Waals surface area (Å²) < 4.78 is 7.34. The van der Waals surface area contributed by atoms with Gasteiger partial charge in [-0.05, 0) is 55.0 Å². The fraction of sp³-hybridized carbons (Fsp3) is 0.150. The van der Waals surface area contributed by atoms with Gasteiger partial charge in [0.2, 0.25) is 0 Å². The molecule has 0 aliphatic heterocycles. The maximum absolute atomic E-state index is 5.88. The number of aryl methyl sites for hydroxylation is 1. The van der Waals surface area contributed by atoms with Gasteiger partial charge in [0.05, 0.1) is 18.6 Å². The van der Waals surface area contributed by atoms with E-state index < -0.39 is 0 Å². The van der Waals surface area contributed by atoms with Crippen molar-refractivity contribution in [2.24, 2.45) is 0 Å². The summed E-state index contributed by atoms with van der Waals surface area (Å²) >= 11 is 7.49. The van der Waals surface area contributed by atoms with Crippen LogP contribution in [0, 0.1) is 18.8 Å². The highest BCUT2D eigenvalue weighted by Crippen LogP contribution is 2.25. The minimum absolute atomic E-state index is 0.662. The van der Waals surface area contributed by atoms with Gasteiger partial charge in [0.1, 0.15) is 5.75 Å². The zero-order valence-corrected chi connectivity index (χ0v) is 15.6. The van der Waals surface area contributed by atoms with Crippen LogP contribution in [-0.4, -0.2) is 22.4 Å². The first-order chi connectivity index (χ1) is 12.2. The molecule has 1 aromatic heterocycles. The van der Waals surface area contributed by atoms with Crippen molar-refractivity contribution < 1.29 is 4.74 Å². The molecule has 3 nitrogen and oxygen atoms in total. The Balaban J connectivity index is 1.71. The second-order valence-electron chi connectivity index (χ2n) is 5.33. The van der Waals surface area contributed by atoms with Crippen molar-refractivity contribution in [1.82, 2.24) is 9.55 Å². The number of ether oxygens (including phenoxy) is 1. The van der Waals surface area contributed by atoms with Crippen molar-refractivity contribution >= 4 is 23.4 Å². The van der Waals surface area contributed by atoms with Gasteiger partial charge in [-0.3, -0.25) is 4.57 Å². The van der Waals surface area contributed by atoms with Gasteiger partial charge >= 0.3 is 0 Å². The molecule has 0 aliphatic carbocycles. The highest BCUT2D eigenvalue weighted by molar-refractivity contribution is 7.99. The quantitative estimate of drug-likeness (QED) is 0.479. The SMILES string of the molecule is COc1ccc(-n2ccnc2SCC#Cc2ccc(Cl)cc2)c(C)c1. The van der Waals surface area contributed by atoms with Crippen LogP contribution < -0.4 is 4.74 Å². The molecule has 0 amide bonds. The third kappa shape index (κ3) is 4.39. The summed E-state index contributed by atoms with van der Waals surface area (Å²) in [4.78, 5) is 4.44. The van der Waals surface area contributed by atoms with Crippen LogP contribution in [0.4, 0.5) is 0 Å². The number of hydrogen-bond acceptors (Lipinski definition) is 3. The average molecular weight is 369 g/mol. The molecule has 25 heavy (non-hydrogen) atoms. The van der Waals surface area contributed by atoms with Gasteiger partial charge in [0.25, 0.3) is 0 Å². The van der Waals surface area contributed by atoms with Crippen molar-refractivity contribution in [2.45, 2.75) is 12.1 Å². The number of methoxy groups -OCH3 is 1. The molecule has 0 unspecified atom stereocenters. The topological polar surface area (TPSA) is 27.1 Å². The average Bonchev–Trinajstić information content (AvgIpc) is 3.08. The lowest BCUT2D eigenvalue weighted by Gasteiger charge is -2.11. The van der Waals surface area contributed by atoms with Gasteiger partial charge in [0.15, 0.2) is 5.16 Å². The number of rotatable bonds is 4. The van der Waals surface area contributed by atoms with E-state index in [0.29, 0.717) is 5.75 Å². The van der Waals surface area contributed by atoms with Crippen molar-refractivity contribution in [3.63, 3.8) is 0 Å². The van der Waals surface area contributed by atoms with Crippen LogP contribution in [0.2, 0.25) is 5.02 Å². The first-order valence-electron chi connectivity index (χ1n) is 7.73. The number of hydrogen-bond donors (Lipinski definition) is 0. The van der Waals surface area contributed by atoms with E-state index in [1.54, 1.807) is 25.1 Å². The maximum Gasteiger partial charge on any atom is 0.173 e. The van der Waals surface area contributed by atoms with E-state index in [1.165, 1.54) is 0 Å². The van der Waals surface area contributed by atoms with Gasteiger partial charge in [0, 0.05) is 23.0 Å². The molecule has 2 aromatic carbocycles. The zero-order chi connectivity index (χ0) is 17.6. The molecule has 0 fully saturated rings. The number of nitrogens with zero attached hydrogens (tertiary/aromatic N) is 2. The van der Waals surface area contributed by atoms with Crippen LogP contribution in [0.3, 0.4) is 0 Å². The van der Waals surface area contributed by atoms with Crippen LogP contribution in [-0.2, 0) is 0 Å². The smallest absolute Gasteiger partial charge is 0.173 e. The summed E-state index contributed by atoms with van der Waals surface area (Å²) in [7, 11) is 1.67. The number of aromatic nitrogens is 2. The first-order valence-corrected chi connectivity index (χ1v) is 9.09. The largest absolute Gasteiger partial charge is 0.497 e. The number of halogens is 1. The van der Waals surface area contributed by atoms with E-state index >= 15 is 0 Å². The summed E-state index contributed by atoms with van der Waals surface area (Å²) in [6.45, 7) is 2.06. The third-order valence-corrected chi connectivity index (χ3v) is 4.72. The van der Waals surface area contributed by atoms with Crippen LogP contribution in [0.25, 0.3) is 5.69 Å². The Morgan fingerprint density at radius 1 is 1.20 bits per heavy atom. The molecule has 126 valence electrons. The predicted molar refractivity (Wildman–Crippen MR) is 104 cm³/mol. The number of imidazole rings is 1. The molecule has 0 aliphatic rings. The number of thioether (sulfide) groups is 1. The Kier molecular flexibility index (Phi) is 5.70. The van der Waals surface area contributed by atoms with Gasteiger partial charge in [-0.1, -0.05) is 35.2 Å². The van der Waals surface area contributed by atoms with Crippen molar-refractivity contribution in [2.75, 3.05) is 12.9 Å². The third-order valence-electron chi connectivity index (χ3n) is 3.62.